The van der Waals surface area contributed by atoms with Gasteiger partial charge >= 0.3 is 12.3 Å². The maximum Gasteiger partial charge on any atom is 0.423 e. The highest BCUT2D eigenvalue weighted by Gasteiger charge is 2.41. The second kappa shape index (κ2) is 5.68. The lowest BCUT2D eigenvalue weighted by Crippen LogP contribution is -2.27. The molecule has 1 N–H and O–H groups in total. The summed E-state index contributed by atoms with van der Waals surface area (Å²) in [5.74, 6) is 0. The summed E-state index contributed by atoms with van der Waals surface area (Å²) in [5.41, 5.74) is -1.29. The molecule has 0 spiro atoms. The Morgan fingerprint density at radius 1 is 1.25 bits per heavy atom. The van der Waals surface area contributed by atoms with E-state index in [4.69, 9.17) is 4.74 Å². The molecular formula is C13H15F4NO2. The molecule has 1 aromatic carbocycles. The summed E-state index contributed by atoms with van der Waals surface area (Å²) in [6.45, 7) is 4.93. The Kier molecular flexibility index (Phi) is 4.62. The Labute approximate surface area is 113 Å². The number of carbonyl (C=O) groups is 1. The van der Waals surface area contributed by atoms with Crippen LogP contribution in [0.2, 0.25) is 0 Å². The van der Waals surface area contributed by atoms with Gasteiger partial charge in [-0.15, -0.1) is 0 Å². The monoisotopic (exact) mass is 293 g/mol. The molecule has 0 saturated heterocycles. The number of rotatable bonds is 2. The van der Waals surface area contributed by atoms with E-state index in [9.17, 15) is 22.4 Å². The number of nitrogens with one attached hydrogen (secondary N) is 1. The lowest BCUT2D eigenvalue weighted by atomic mass is 10.1. The minimum Gasteiger partial charge on any atom is -0.444 e. The summed E-state index contributed by atoms with van der Waals surface area (Å²) in [6.07, 6.45) is -8.90. The third-order valence-corrected chi connectivity index (χ3v) is 2.11. The molecule has 112 valence electrons. The average molecular weight is 293 g/mol. The first-order valence-corrected chi connectivity index (χ1v) is 5.80. The maximum absolute atomic E-state index is 13.2. The van der Waals surface area contributed by atoms with Gasteiger partial charge in [0.25, 0.3) is 0 Å². The molecule has 0 aliphatic rings. The fraction of sp³-hybridized carbons (Fsp3) is 0.462. The van der Waals surface area contributed by atoms with Crippen LogP contribution in [0.15, 0.2) is 24.3 Å². The van der Waals surface area contributed by atoms with E-state index in [1.54, 1.807) is 20.8 Å². The average Bonchev–Trinajstić information content (AvgIpc) is 2.24. The van der Waals surface area contributed by atoms with Gasteiger partial charge in [0.05, 0.1) is 0 Å². The van der Waals surface area contributed by atoms with Crippen LogP contribution in [0.5, 0.6) is 0 Å². The second-order valence-corrected chi connectivity index (χ2v) is 5.16. The fourth-order valence-electron chi connectivity index (χ4n) is 1.38. The van der Waals surface area contributed by atoms with Crippen molar-refractivity contribution >= 4 is 11.8 Å². The number of alkyl halides is 4. The van der Waals surface area contributed by atoms with Crippen molar-refractivity contribution in [3.63, 3.8) is 0 Å². The molecule has 0 aliphatic heterocycles. The molecule has 3 nitrogen and oxygen atoms in total. The van der Waals surface area contributed by atoms with Crippen LogP contribution in [0.1, 0.15) is 32.5 Å². The van der Waals surface area contributed by atoms with Gasteiger partial charge in [0.15, 0.2) is 0 Å². The summed E-state index contributed by atoms with van der Waals surface area (Å²) in [5, 5.41) is 2.25. The molecule has 1 rings (SSSR count). The number of hydrogen-bond donors (Lipinski definition) is 1. The quantitative estimate of drug-likeness (QED) is 0.809. The molecule has 0 aliphatic carbocycles. The second-order valence-electron chi connectivity index (χ2n) is 5.16. The lowest BCUT2D eigenvalue weighted by Gasteiger charge is -2.20. The number of ether oxygens (including phenoxy) is 1. The van der Waals surface area contributed by atoms with E-state index in [1.807, 2.05) is 0 Å². The number of carbonyl (C=O) groups excluding carboxylic acids is 1. The van der Waals surface area contributed by atoms with Crippen molar-refractivity contribution in [2.45, 2.75) is 38.7 Å². The number of amides is 1. The van der Waals surface area contributed by atoms with Crippen LogP contribution in [-0.2, 0) is 4.74 Å². The summed E-state index contributed by atoms with van der Waals surface area (Å²) >= 11 is 0. The van der Waals surface area contributed by atoms with Gasteiger partial charge in [-0.2, -0.15) is 13.2 Å². The minimum atomic E-state index is -4.98. The molecule has 20 heavy (non-hydrogen) atoms. The zero-order valence-electron chi connectivity index (χ0n) is 11.2. The van der Waals surface area contributed by atoms with Gasteiger partial charge in [0, 0.05) is 5.69 Å². The van der Waals surface area contributed by atoms with E-state index < -0.39 is 29.6 Å². The normalized spacial score (nSPS) is 13.8. The van der Waals surface area contributed by atoms with E-state index in [0.717, 1.165) is 12.1 Å². The zero-order chi connectivity index (χ0) is 15.6. The first-order chi connectivity index (χ1) is 8.99. The van der Waals surface area contributed by atoms with Crippen LogP contribution < -0.4 is 5.32 Å². The van der Waals surface area contributed by atoms with Gasteiger partial charge in [-0.05, 0) is 38.5 Å². The molecule has 1 aromatic rings. The zero-order valence-corrected chi connectivity index (χ0v) is 11.2. The van der Waals surface area contributed by atoms with E-state index in [1.165, 1.54) is 12.1 Å². The van der Waals surface area contributed by atoms with Gasteiger partial charge in [-0.1, -0.05) is 12.1 Å². The highest BCUT2D eigenvalue weighted by atomic mass is 19.4. The van der Waals surface area contributed by atoms with Crippen LogP contribution in [0, 0.1) is 0 Å². The molecule has 0 heterocycles. The first-order valence-electron chi connectivity index (χ1n) is 5.80. The maximum atomic E-state index is 13.2. The summed E-state index contributed by atoms with van der Waals surface area (Å²) < 4.78 is 54.9. The van der Waals surface area contributed by atoms with Crippen molar-refractivity contribution in [3.05, 3.63) is 29.8 Å². The fourth-order valence-corrected chi connectivity index (χ4v) is 1.38. The predicted molar refractivity (Wildman–Crippen MR) is 66.2 cm³/mol. The summed E-state index contributed by atoms with van der Waals surface area (Å²) in [7, 11) is 0. The third kappa shape index (κ3) is 5.07. The van der Waals surface area contributed by atoms with E-state index in [0.29, 0.717) is 0 Å². The number of halogens is 4. The molecule has 0 saturated carbocycles. The van der Waals surface area contributed by atoms with E-state index in [-0.39, 0.29) is 5.69 Å². The van der Waals surface area contributed by atoms with E-state index >= 15 is 0 Å². The van der Waals surface area contributed by atoms with Gasteiger partial charge in [-0.3, -0.25) is 5.32 Å². The smallest absolute Gasteiger partial charge is 0.423 e. The molecule has 7 heteroatoms. The highest BCUT2D eigenvalue weighted by molar-refractivity contribution is 5.84. The van der Waals surface area contributed by atoms with Gasteiger partial charge in [0.2, 0.25) is 6.17 Å². The predicted octanol–water partition coefficient (Wildman–Crippen LogP) is 4.61. The SMILES string of the molecule is CC(C)(C)OC(=O)Nc1cccc(C(F)C(F)(F)F)c1. The molecule has 0 aromatic heterocycles. The Morgan fingerprint density at radius 3 is 2.35 bits per heavy atom. The Balaban J connectivity index is 2.82. The molecule has 0 bridgehead atoms. The minimum absolute atomic E-state index is 0.0312. The van der Waals surface area contributed by atoms with Crippen LogP contribution in [0.3, 0.4) is 0 Å². The molecule has 1 atom stereocenters. The highest BCUT2D eigenvalue weighted by Crippen LogP contribution is 2.36. The molecular weight excluding hydrogens is 278 g/mol. The van der Waals surface area contributed by atoms with Crippen molar-refractivity contribution in [3.8, 4) is 0 Å². The van der Waals surface area contributed by atoms with Gasteiger partial charge in [0.1, 0.15) is 5.60 Å². The molecule has 1 amide bonds. The Bertz CT molecular complexity index is 480. The number of anilines is 1. The first kappa shape index (κ1) is 16.3. The van der Waals surface area contributed by atoms with Crippen molar-refractivity contribution in [2.75, 3.05) is 5.32 Å². The lowest BCUT2D eigenvalue weighted by molar-refractivity contribution is -0.182. The standard InChI is InChI=1S/C13H15F4NO2/c1-12(2,3)20-11(19)18-9-6-4-5-8(7-9)10(14)13(15,16)17/h4-7,10H,1-3H3,(H,18,19). The van der Waals surface area contributed by atoms with Crippen LogP contribution >= 0.6 is 0 Å². The van der Waals surface area contributed by atoms with Gasteiger partial charge in [-0.25, -0.2) is 9.18 Å². The Morgan fingerprint density at radius 2 is 1.85 bits per heavy atom. The molecule has 1 unspecified atom stereocenters. The summed E-state index contributed by atoms with van der Waals surface area (Å²) in [4.78, 5) is 11.5. The van der Waals surface area contributed by atoms with E-state index in [2.05, 4.69) is 5.32 Å². The molecule has 0 fully saturated rings. The van der Waals surface area contributed by atoms with Gasteiger partial charge < -0.3 is 4.74 Å². The van der Waals surface area contributed by atoms with Crippen molar-refractivity contribution in [1.82, 2.24) is 0 Å². The Hall–Kier alpha value is -1.79. The third-order valence-electron chi connectivity index (χ3n) is 2.11. The molecule has 0 radical (unpaired) electrons. The van der Waals surface area contributed by atoms with Crippen LogP contribution in [-0.4, -0.2) is 17.9 Å². The largest absolute Gasteiger partial charge is 0.444 e. The van der Waals surface area contributed by atoms with Crippen LogP contribution in [0.4, 0.5) is 28.0 Å². The van der Waals surface area contributed by atoms with Crippen molar-refractivity contribution in [1.29, 1.82) is 0 Å². The topological polar surface area (TPSA) is 38.3 Å². The number of hydrogen-bond acceptors (Lipinski definition) is 2. The van der Waals surface area contributed by atoms with Crippen molar-refractivity contribution in [2.24, 2.45) is 0 Å². The van der Waals surface area contributed by atoms with Crippen LogP contribution in [0.25, 0.3) is 0 Å². The van der Waals surface area contributed by atoms with Crippen molar-refractivity contribution < 1.29 is 27.1 Å². The summed E-state index contributed by atoms with van der Waals surface area (Å²) in [6, 6.07) is 4.48. The number of benzene rings is 1.